The second-order valence-corrected chi connectivity index (χ2v) is 15.3. The number of fused-ring (bicyclic) bond motifs is 6. The zero-order valence-electron chi connectivity index (χ0n) is 36.9. The second kappa shape index (κ2) is 14.1. The van der Waals surface area contributed by atoms with Gasteiger partial charge >= 0.3 is 0 Å². The summed E-state index contributed by atoms with van der Waals surface area (Å²) in [5.41, 5.74) is 7.56. The van der Waals surface area contributed by atoms with Crippen LogP contribution in [0.2, 0.25) is 0 Å². The van der Waals surface area contributed by atoms with E-state index in [2.05, 4.69) is 117 Å². The standard InChI is InChI=1S/C34H30N5.C13H12N.Ir/c1-33(2,3)31-36-30(37-32(38-31)34(4,5)6)20-14-15-23-25-18-21(26-12-9-10-16-35-26)17-24-22-11-7-8-13-27(22)39(29(24)25)28(23)19-20;1-10-3-6-12(7-4-10)13-8-5-11(2)9-14-13;/h7-16,18-19H,1-6H3;3-6,8-9H,1-2H3;/q2*-1;/i;1D3,2D3;. The summed E-state index contributed by atoms with van der Waals surface area (Å²) in [4.78, 5) is 23.5. The number of pyridine rings is 2. The first-order chi connectivity index (χ1) is 27.8. The zero-order valence-corrected chi connectivity index (χ0v) is 33.3. The zero-order chi connectivity index (χ0) is 42.1. The molecule has 4 aromatic carbocycles. The van der Waals surface area contributed by atoms with Gasteiger partial charge in [0.05, 0.1) is 0 Å². The smallest absolute Gasteiger partial charge is 0.163 e. The maximum Gasteiger partial charge on any atom is 0.163 e. The Bertz CT molecular complexity index is 2880. The monoisotopic (exact) mass is 889 g/mol. The molecular formula is C47H42IrN6-2. The third kappa shape index (κ3) is 6.90. The quantitative estimate of drug-likeness (QED) is 0.165. The maximum atomic E-state index is 7.28. The molecular weight excluding hydrogens is 841 g/mol. The number of hydrogen-bond acceptors (Lipinski definition) is 5. The molecule has 54 heavy (non-hydrogen) atoms. The van der Waals surface area contributed by atoms with Gasteiger partial charge in [-0.3, -0.25) is 4.98 Å². The van der Waals surface area contributed by atoms with Gasteiger partial charge in [-0.1, -0.05) is 125 Å². The number of para-hydroxylation sites is 1. The third-order valence-electron chi connectivity index (χ3n) is 9.24. The summed E-state index contributed by atoms with van der Waals surface area (Å²) in [6, 6.07) is 37.5. The van der Waals surface area contributed by atoms with Crippen molar-refractivity contribution in [3.8, 4) is 33.9 Å². The minimum Gasteiger partial charge on any atom is -0.348 e. The van der Waals surface area contributed by atoms with Gasteiger partial charge in [0.1, 0.15) is 11.6 Å². The molecule has 0 aliphatic heterocycles. The van der Waals surface area contributed by atoms with Gasteiger partial charge in [-0.2, -0.15) is 0 Å². The van der Waals surface area contributed by atoms with Crippen LogP contribution in [0.25, 0.3) is 72.0 Å². The predicted molar refractivity (Wildman–Crippen MR) is 217 cm³/mol. The molecule has 5 heterocycles. The molecule has 6 nitrogen and oxygen atoms in total. The Morgan fingerprint density at radius 3 is 2.00 bits per heavy atom. The molecule has 271 valence electrons. The summed E-state index contributed by atoms with van der Waals surface area (Å²) < 4.78 is 46.0. The number of nitrogens with zero attached hydrogens (tertiary/aromatic N) is 6. The molecule has 0 spiro atoms. The van der Waals surface area contributed by atoms with Gasteiger partial charge < -0.3 is 9.38 Å². The van der Waals surface area contributed by atoms with Crippen molar-refractivity contribution >= 4 is 38.1 Å². The molecule has 0 saturated carbocycles. The summed E-state index contributed by atoms with van der Waals surface area (Å²) in [6.45, 7) is 8.56. The Balaban J connectivity index is 0.000000220. The fourth-order valence-corrected chi connectivity index (χ4v) is 6.52. The molecule has 0 aliphatic rings. The first kappa shape index (κ1) is 30.0. The van der Waals surface area contributed by atoms with Gasteiger partial charge in [-0.25, -0.2) is 15.0 Å². The summed E-state index contributed by atoms with van der Waals surface area (Å²) in [5, 5.41) is 4.69. The Morgan fingerprint density at radius 2 is 1.35 bits per heavy atom. The largest absolute Gasteiger partial charge is 0.348 e. The minimum atomic E-state index is -2.18. The van der Waals surface area contributed by atoms with Gasteiger partial charge in [0.2, 0.25) is 0 Å². The van der Waals surface area contributed by atoms with Crippen molar-refractivity contribution in [2.75, 3.05) is 0 Å². The van der Waals surface area contributed by atoms with Crippen LogP contribution in [0.4, 0.5) is 0 Å². The fraction of sp³-hybridized carbons (Fsp3) is 0.213. The van der Waals surface area contributed by atoms with Crippen LogP contribution in [0.3, 0.4) is 0 Å². The van der Waals surface area contributed by atoms with Crippen molar-refractivity contribution in [2.24, 2.45) is 0 Å². The molecule has 0 N–H and O–H groups in total. The van der Waals surface area contributed by atoms with Crippen LogP contribution >= 0.6 is 0 Å². The van der Waals surface area contributed by atoms with Gasteiger partial charge in [-0.05, 0) is 47.2 Å². The predicted octanol–water partition coefficient (Wildman–Crippen LogP) is 11.3. The van der Waals surface area contributed by atoms with Crippen LogP contribution in [0.15, 0.2) is 109 Å². The normalized spacial score (nSPS) is 14.0. The molecule has 0 atom stereocenters. The van der Waals surface area contributed by atoms with Crippen molar-refractivity contribution in [3.05, 3.63) is 144 Å². The van der Waals surface area contributed by atoms with Gasteiger partial charge in [-0.15, -0.1) is 47.5 Å². The Labute approximate surface area is 338 Å². The molecule has 0 saturated heterocycles. The van der Waals surface area contributed by atoms with Crippen LogP contribution in [-0.2, 0) is 30.9 Å². The van der Waals surface area contributed by atoms with Crippen LogP contribution < -0.4 is 0 Å². The molecule has 0 amide bonds. The summed E-state index contributed by atoms with van der Waals surface area (Å²) in [5.74, 6) is 2.33. The van der Waals surface area contributed by atoms with Crippen LogP contribution in [0.1, 0.15) is 72.5 Å². The van der Waals surface area contributed by atoms with E-state index in [0.717, 1.165) is 39.4 Å². The molecule has 0 bridgehead atoms. The number of aryl methyl sites for hydroxylation is 2. The van der Waals surface area contributed by atoms with E-state index in [0.29, 0.717) is 17.1 Å². The molecule has 9 aromatic rings. The van der Waals surface area contributed by atoms with Crippen molar-refractivity contribution in [1.29, 1.82) is 0 Å². The van der Waals surface area contributed by atoms with E-state index in [1.54, 1.807) is 12.1 Å². The molecule has 7 heteroatoms. The average molecular weight is 889 g/mol. The maximum absolute atomic E-state index is 7.28. The molecule has 1 radical (unpaired) electrons. The SMILES string of the molecule is CC(C)(C)c1nc(-c2ccc3c4cc(-c5ccccn5)[c-]c5c6ccccc6n(c3c2)c54)nc(C(C)(C)C)n1.[2H]C([2H])([2H])c1c[c-]c(-c2ccc(C([2H])([2H])[2H])cn2)cc1.[Ir]. The molecule has 0 aliphatic carbocycles. The van der Waals surface area contributed by atoms with Crippen LogP contribution in [0.5, 0.6) is 0 Å². The summed E-state index contributed by atoms with van der Waals surface area (Å²) in [7, 11) is 0. The van der Waals surface area contributed by atoms with Gasteiger partial charge in [0, 0.05) is 73.8 Å². The molecule has 0 fully saturated rings. The first-order valence-electron chi connectivity index (χ1n) is 20.6. The minimum absolute atomic E-state index is 0. The summed E-state index contributed by atoms with van der Waals surface area (Å²) >= 11 is 0. The average Bonchev–Trinajstić information content (AvgIpc) is 3.71. The summed E-state index contributed by atoms with van der Waals surface area (Å²) in [6.07, 6.45) is 3.14. The second-order valence-electron chi connectivity index (χ2n) is 15.3. The van der Waals surface area contributed by atoms with E-state index in [9.17, 15) is 0 Å². The topological polar surface area (TPSA) is 68.9 Å². The van der Waals surface area contributed by atoms with E-state index in [-0.39, 0.29) is 42.1 Å². The first-order valence-corrected chi connectivity index (χ1v) is 17.6. The van der Waals surface area contributed by atoms with E-state index < -0.39 is 13.7 Å². The molecule has 0 unspecified atom stereocenters. The number of rotatable bonds is 3. The number of aromatic nitrogens is 6. The molecule has 9 rings (SSSR count). The Hall–Kier alpha value is -5.36. The van der Waals surface area contributed by atoms with Gasteiger partial charge in [0.25, 0.3) is 0 Å². The van der Waals surface area contributed by atoms with Crippen LogP contribution in [-0.4, -0.2) is 29.3 Å². The van der Waals surface area contributed by atoms with E-state index in [4.69, 9.17) is 23.2 Å². The van der Waals surface area contributed by atoms with Crippen molar-refractivity contribution in [1.82, 2.24) is 29.3 Å². The van der Waals surface area contributed by atoms with Crippen LogP contribution in [0, 0.1) is 25.8 Å². The fourth-order valence-electron chi connectivity index (χ4n) is 6.52. The Kier molecular flexibility index (Phi) is 7.85. The van der Waals surface area contributed by atoms with E-state index in [1.165, 1.54) is 51.6 Å². The number of hydrogen-bond donors (Lipinski definition) is 0. The molecule has 5 aromatic heterocycles. The van der Waals surface area contributed by atoms with E-state index >= 15 is 0 Å². The van der Waals surface area contributed by atoms with Crippen molar-refractivity contribution in [3.63, 3.8) is 0 Å². The Morgan fingerprint density at radius 1 is 0.630 bits per heavy atom. The van der Waals surface area contributed by atoms with Gasteiger partial charge in [0.15, 0.2) is 5.82 Å². The van der Waals surface area contributed by atoms with E-state index in [1.807, 2.05) is 24.4 Å². The van der Waals surface area contributed by atoms with Crippen molar-refractivity contribution in [2.45, 2.75) is 66.1 Å². The number of benzene rings is 4. The van der Waals surface area contributed by atoms with Crippen molar-refractivity contribution < 1.29 is 28.3 Å². The third-order valence-corrected chi connectivity index (χ3v) is 9.24.